The molecule has 1 saturated carbocycles. The molecule has 19 heavy (non-hydrogen) atoms. The van der Waals surface area contributed by atoms with Crippen molar-refractivity contribution in [1.29, 1.82) is 0 Å². The van der Waals surface area contributed by atoms with Crippen LogP contribution < -0.4 is 11.1 Å². The zero-order chi connectivity index (χ0) is 13.2. The van der Waals surface area contributed by atoms with Crippen LogP contribution in [0.3, 0.4) is 0 Å². The Bertz CT molecular complexity index is 577. The van der Waals surface area contributed by atoms with Gasteiger partial charge in [0.15, 0.2) is 0 Å². The molecule has 6 heteroatoms. The molecule has 1 unspecified atom stereocenters. The van der Waals surface area contributed by atoms with E-state index < -0.39 is 6.04 Å². The summed E-state index contributed by atoms with van der Waals surface area (Å²) in [6, 6.07) is 9.16. The number of aromatic nitrogens is 2. The topological polar surface area (TPSA) is 94.0 Å². The first kappa shape index (κ1) is 11.9. The van der Waals surface area contributed by atoms with Gasteiger partial charge in [-0.3, -0.25) is 4.79 Å². The van der Waals surface area contributed by atoms with Gasteiger partial charge in [-0.25, -0.2) is 0 Å². The second kappa shape index (κ2) is 4.81. The minimum Gasteiger partial charge on any atom is -0.346 e. The second-order valence-corrected chi connectivity index (χ2v) is 4.59. The van der Waals surface area contributed by atoms with E-state index in [0.29, 0.717) is 0 Å². The van der Waals surface area contributed by atoms with Crippen molar-refractivity contribution in [1.82, 2.24) is 15.5 Å². The maximum absolute atomic E-state index is 11.7. The summed E-state index contributed by atoms with van der Waals surface area (Å²) in [5.74, 6) is -0.0295. The van der Waals surface area contributed by atoms with Crippen LogP contribution in [0.25, 0.3) is 0 Å². The molecule has 3 rings (SSSR count). The number of amides is 1. The first-order valence-corrected chi connectivity index (χ1v) is 6.19. The van der Waals surface area contributed by atoms with E-state index in [0.717, 1.165) is 18.4 Å². The molecule has 1 heterocycles. The maximum Gasteiger partial charge on any atom is 0.292 e. The lowest BCUT2D eigenvalue weighted by molar-refractivity contribution is 0.0937. The van der Waals surface area contributed by atoms with Crippen LogP contribution in [-0.2, 0) is 0 Å². The molecule has 1 aliphatic carbocycles. The summed E-state index contributed by atoms with van der Waals surface area (Å²) in [5, 5.41) is 6.46. The fraction of sp³-hybridized carbons (Fsp3) is 0.308. The lowest BCUT2D eigenvalue weighted by Gasteiger charge is -2.05. The van der Waals surface area contributed by atoms with Gasteiger partial charge < -0.3 is 15.6 Å². The largest absolute Gasteiger partial charge is 0.346 e. The molecule has 0 radical (unpaired) electrons. The van der Waals surface area contributed by atoms with Crippen molar-refractivity contribution >= 4 is 5.91 Å². The highest BCUT2D eigenvalue weighted by Gasteiger charge is 2.27. The van der Waals surface area contributed by atoms with E-state index in [9.17, 15) is 4.79 Å². The highest BCUT2D eigenvalue weighted by atomic mass is 16.5. The minimum absolute atomic E-state index is 0.0354. The fourth-order valence-corrected chi connectivity index (χ4v) is 1.73. The minimum atomic E-state index is -0.517. The van der Waals surface area contributed by atoms with E-state index in [1.807, 2.05) is 30.3 Å². The van der Waals surface area contributed by atoms with Crippen LogP contribution in [0.15, 0.2) is 34.9 Å². The van der Waals surface area contributed by atoms with Gasteiger partial charge in [-0.1, -0.05) is 35.5 Å². The van der Waals surface area contributed by atoms with Crippen LogP contribution in [-0.4, -0.2) is 22.1 Å². The molecule has 2 aromatic rings. The van der Waals surface area contributed by atoms with Gasteiger partial charge in [-0.05, 0) is 18.4 Å². The van der Waals surface area contributed by atoms with E-state index in [-0.39, 0.29) is 23.7 Å². The van der Waals surface area contributed by atoms with Crippen LogP contribution in [0, 0.1) is 0 Å². The number of carbonyl (C=O) groups is 1. The first-order valence-electron chi connectivity index (χ1n) is 6.19. The molecule has 1 fully saturated rings. The molecule has 1 aromatic heterocycles. The van der Waals surface area contributed by atoms with Crippen molar-refractivity contribution < 1.29 is 9.32 Å². The number of nitrogens with zero attached hydrogens (tertiary/aromatic N) is 2. The fourth-order valence-electron chi connectivity index (χ4n) is 1.73. The average Bonchev–Trinajstić information content (AvgIpc) is 3.11. The van der Waals surface area contributed by atoms with Gasteiger partial charge in [0.25, 0.3) is 11.7 Å². The third-order valence-electron chi connectivity index (χ3n) is 2.98. The van der Waals surface area contributed by atoms with E-state index >= 15 is 0 Å². The van der Waals surface area contributed by atoms with E-state index in [1.54, 1.807) is 0 Å². The molecule has 1 atom stereocenters. The molecule has 0 saturated heterocycles. The number of rotatable bonds is 4. The van der Waals surface area contributed by atoms with Gasteiger partial charge in [0.05, 0.1) is 0 Å². The molecule has 6 nitrogen and oxygen atoms in total. The third-order valence-corrected chi connectivity index (χ3v) is 2.98. The summed E-state index contributed by atoms with van der Waals surface area (Å²) in [6.45, 7) is 0. The van der Waals surface area contributed by atoms with Crippen molar-refractivity contribution in [3.63, 3.8) is 0 Å². The van der Waals surface area contributed by atoms with Crippen LogP contribution >= 0.6 is 0 Å². The Morgan fingerprint density at radius 2 is 2.11 bits per heavy atom. The SMILES string of the molecule is NC(c1ccccc1)c1nc(C(=O)NC2CC2)no1. The second-order valence-electron chi connectivity index (χ2n) is 4.59. The zero-order valence-corrected chi connectivity index (χ0v) is 10.2. The molecule has 0 bridgehead atoms. The molecule has 1 aliphatic rings. The Kier molecular flexibility index (Phi) is 3.00. The summed E-state index contributed by atoms with van der Waals surface area (Å²) in [5.41, 5.74) is 6.88. The summed E-state index contributed by atoms with van der Waals surface area (Å²) in [7, 11) is 0. The Morgan fingerprint density at radius 1 is 1.37 bits per heavy atom. The number of nitrogens with one attached hydrogen (secondary N) is 1. The van der Waals surface area contributed by atoms with Crippen molar-refractivity contribution in [2.75, 3.05) is 0 Å². The van der Waals surface area contributed by atoms with Crippen LogP contribution in [0.2, 0.25) is 0 Å². The van der Waals surface area contributed by atoms with E-state index in [1.165, 1.54) is 0 Å². The number of carbonyl (C=O) groups excluding carboxylic acids is 1. The molecule has 1 amide bonds. The molecule has 0 aliphatic heterocycles. The molecular weight excluding hydrogens is 244 g/mol. The van der Waals surface area contributed by atoms with Gasteiger partial charge in [0.1, 0.15) is 6.04 Å². The highest BCUT2D eigenvalue weighted by molar-refractivity contribution is 5.90. The monoisotopic (exact) mass is 258 g/mol. The number of hydrogen-bond donors (Lipinski definition) is 2. The number of hydrogen-bond acceptors (Lipinski definition) is 5. The summed E-state index contributed by atoms with van der Waals surface area (Å²) < 4.78 is 5.06. The summed E-state index contributed by atoms with van der Waals surface area (Å²) in [6.07, 6.45) is 2.03. The molecule has 1 aromatic carbocycles. The Morgan fingerprint density at radius 3 is 2.79 bits per heavy atom. The van der Waals surface area contributed by atoms with Crippen molar-refractivity contribution in [3.8, 4) is 0 Å². The van der Waals surface area contributed by atoms with E-state index in [4.69, 9.17) is 10.3 Å². The average molecular weight is 258 g/mol. The standard InChI is InChI=1S/C13H14N4O2/c14-10(8-4-2-1-3-5-8)13-16-11(17-19-13)12(18)15-9-6-7-9/h1-5,9-10H,6-7,14H2,(H,15,18). The highest BCUT2D eigenvalue weighted by Crippen LogP contribution is 2.20. The number of nitrogens with two attached hydrogens (primary N) is 1. The van der Waals surface area contributed by atoms with Crippen molar-refractivity contribution in [2.24, 2.45) is 5.73 Å². The third kappa shape index (κ3) is 2.63. The zero-order valence-electron chi connectivity index (χ0n) is 10.2. The quantitative estimate of drug-likeness (QED) is 0.853. The Balaban J connectivity index is 1.75. The molecule has 0 spiro atoms. The summed E-state index contributed by atoms with van der Waals surface area (Å²) >= 11 is 0. The van der Waals surface area contributed by atoms with Crippen LogP contribution in [0.4, 0.5) is 0 Å². The molecule has 3 N–H and O–H groups in total. The van der Waals surface area contributed by atoms with Gasteiger partial charge in [0, 0.05) is 6.04 Å². The Hall–Kier alpha value is -2.21. The van der Waals surface area contributed by atoms with Gasteiger partial charge >= 0.3 is 0 Å². The van der Waals surface area contributed by atoms with Gasteiger partial charge in [-0.2, -0.15) is 4.98 Å². The number of benzene rings is 1. The molecule has 98 valence electrons. The normalized spacial score (nSPS) is 16.1. The maximum atomic E-state index is 11.7. The van der Waals surface area contributed by atoms with Crippen molar-refractivity contribution in [3.05, 3.63) is 47.6 Å². The van der Waals surface area contributed by atoms with Crippen LogP contribution in [0.1, 0.15) is 41.0 Å². The van der Waals surface area contributed by atoms with Crippen LogP contribution in [0.5, 0.6) is 0 Å². The van der Waals surface area contributed by atoms with Gasteiger partial charge in [0.2, 0.25) is 5.89 Å². The lowest BCUT2D eigenvalue weighted by atomic mass is 10.1. The predicted octanol–water partition coefficient (Wildman–Crippen LogP) is 1.01. The summed E-state index contributed by atoms with van der Waals surface area (Å²) in [4.78, 5) is 15.8. The predicted molar refractivity (Wildman–Crippen MR) is 67.3 cm³/mol. The van der Waals surface area contributed by atoms with E-state index in [2.05, 4.69) is 15.5 Å². The first-order chi connectivity index (χ1) is 9.24. The Labute approximate surface area is 110 Å². The smallest absolute Gasteiger partial charge is 0.292 e. The molecular formula is C13H14N4O2. The lowest BCUT2D eigenvalue weighted by Crippen LogP contribution is -2.26. The van der Waals surface area contributed by atoms with Crippen molar-refractivity contribution in [2.45, 2.75) is 24.9 Å². The van der Waals surface area contributed by atoms with Gasteiger partial charge in [-0.15, -0.1) is 0 Å².